The Bertz CT molecular complexity index is 942. The van der Waals surface area contributed by atoms with Gasteiger partial charge in [0.2, 0.25) is 5.91 Å². The fraction of sp³-hybridized carbons (Fsp3) is 0.348. The van der Waals surface area contributed by atoms with Gasteiger partial charge in [-0.15, -0.1) is 0 Å². The second-order valence-electron chi connectivity index (χ2n) is 7.39. The van der Waals surface area contributed by atoms with Crippen molar-refractivity contribution in [3.8, 4) is 0 Å². The van der Waals surface area contributed by atoms with Crippen molar-refractivity contribution < 1.29 is 14.4 Å². The van der Waals surface area contributed by atoms with E-state index >= 15 is 0 Å². The number of urea groups is 1. The molecule has 0 spiro atoms. The van der Waals surface area contributed by atoms with E-state index in [0.29, 0.717) is 18.7 Å². The number of nitrogens with one attached hydrogen (secondary N) is 3. The van der Waals surface area contributed by atoms with Gasteiger partial charge in [-0.25, -0.2) is 4.79 Å². The first-order valence-corrected chi connectivity index (χ1v) is 10.2. The quantitative estimate of drug-likeness (QED) is 0.710. The average Bonchev–Trinajstić information content (AvgIpc) is 2.98. The van der Waals surface area contributed by atoms with E-state index in [4.69, 9.17) is 0 Å². The lowest BCUT2D eigenvalue weighted by atomic mass is 10.0. The summed E-state index contributed by atoms with van der Waals surface area (Å²) in [6.07, 6.45) is 3.05. The molecule has 0 atom stereocenters. The lowest BCUT2D eigenvalue weighted by Gasteiger charge is -2.23. The third-order valence-corrected chi connectivity index (χ3v) is 5.32. The van der Waals surface area contributed by atoms with Crippen LogP contribution in [-0.4, -0.2) is 38.0 Å². The third-order valence-electron chi connectivity index (χ3n) is 5.32. The SMILES string of the molecule is CNC(=O)CNC(=O)NCc1ccc(C(=O)N2CCCCc3ccccc32)cc1C. The van der Waals surface area contributed by atoms with Crippen molar-refractivity contribution in [1.82, 2.24) is 16.0 Å². The molecule has 2 aromatic rings. The minimum absolute atomic E-state index is 0.00437. The lowest BCUT2D eigenvalue weighted by molar-refractivity contribution is -0.119. The predicted molar refractivity (Wildman–Crippen MR) is 117 cm³/mol. The fourth-order valence-corrected chi connectivity index (χ4v) is 3.57. The van der Waals surface area contributed by atoms with E-state index in [9.17, 15) is 14.4 Å². The van der Waals surface area contributed by atoms with Crippen LogP contribution in [0.4, 0.5) is 10.5 Å². The van der Waals surface area contributed by atoms with E-state index in [1.54, 1.807) is 0 Å². The molecule has 0 radical (unpaired) electrons. The second kappa shape index (κ2) is 9.91. The van der Waals surface area contributed by atoms with Crippen LogP contribution in [0.15, 0.2) is 42.5 Å². The zero-order valence-corrected chi connectivity index (χ0v) is 17.5. The van der Waals surface area contributed by atoms with Gasteiger partial charge >= 0.3 is 6.03 Å². The first kappa shape index (κ1) is 21.4. The van der Waals surface area contributed by atoms with E-state index in [2.05, 4.69) is 22.0 Å². The zero-order chi connectivity index (χ0) is 21.5. The Labute approximate surface area is 176 Å². The topological polar surface area (TPSA) is 90.5 Å². The van der Waals surface area contributed by atoms with E-state index in [0.717, 1.165) is 36.1 Å². The lowest BCUT2D eigenvalue weighted by Crippen LogP contribution is -2.41. The maximum Gasteiger partial charge on any atom is 0.315 e. The number of para-hydroxylation sites is 1. The Balaban J connectivity index is 1.67. The molecule has 2 aromatic carbocycles. The number of aryl methyl sites for hydroxylation is 2. The van der Waals surface area contributed by atoms with Crippen molar-refractivity contribution in [2.45, 2.75) is 32.7 Å². The molecule has 7 nitrogen and oxygen atoms in total. The van der Waals surface area contributed by atoms with Gasteiger partial charge in [0.05, 0.1) is 6.54 Å². The highest BCUT2D eigenvalue weighted by molar-refractivity contribution is 6.06. The number of carbonyl (C=O) groups is 3. The van der Waals surface area contributed by atoms with Gasteiger partial charge in [-0.1, -0.05) is 24.3 Å². The fourth-order valence-electron chi connectivity index (χ4n) is 3.57. The number of hydrogen-bond acceptors (Lipinski definition) is 3. The Hall–Kier alpha value is -3.35. The highest BCUT2D eigenvalue weighted by Crippen LogP contribution is 2.27. The highest BCUT2D eigenvalue weighted by Gasteiger charge is 2.22. The van der Waals surface area contributed by atoms with Gasteiger partial charge in [0.25, 0.3) is 5.91 Å². The minimum atomic E-state index is -0.417. The van der Waals surface area contributed by atoms with Crippen LogP contribution in [-0.2, 0) is 17.8 Å². The monoisotopic (exact) mass is 408 g/mol. The smallest absolute Gasteiger partial charge is 0.315 e. The number of benzene rings is 2. The van der Waals surface area contributed by atoms with Crippen LogP contribution in [0, 0.1) is 6.92 Å². The van der Waals surface area contributed by atoms with Gasteiger partial charge in [-0.3, -0.25) is 9.59 Å². The summed E-state index contributed by atoms with van der Waals surface area (Å²) in [5.41, 5.74) is 4.69. The highest BCUT2D eigenvalue weighted by atomic mass is 16.2. The Kier molecular flexibility index (Phi) is 7.06. The third kappa shape index (κ3) is 5.17. The molecule has 1 aliphatic heterocycles. The van der Waals surface area contributed by atoms with Crippen LogP contribution in [0.5, 0.6) is 0 Å². The molecule has 1 heterocycles. The second-order valence-corrected chi connectivity index (χ2v) is 7.39. The van der Waals surface area contributed by atoms with Crippen molar-refractivity contribution in [2.75, 3.05) is 25.0 Å². The summed E-state index contributed by atoms with van der Waals surface area (Å²) >= 11 is 0. The predicted octanol–water partition coefficient (Wildman–Crippen LogP) is 2.52. The molecular formula is C23H28N4O3. The van der Waals surface area contributed by atoms with Crippen LogP contribution < -0.4 is 20.9 Å². The van der Waals surface area contributed by atoms with E-state index < -0.39 is 6.03 Å². The number of carbonyl (C=O) groups excluding carboxylic acids is 3. The van der Waals surface area contributed by atoms with Crippen LogP contribution in [0.2, 0.25) is 0 Å². The van der Waals surface area contributed by atoms with E-state index in [-0.39, 0.29) is 18.4 Å². The van der Waals surface area contributed by atoms with Crippen molar-refractivity contribution in [1.29, 1.82) is 0 Å². The van der Waals surface area contributed by atoms with Crippen molar-refractivity contribution in [3.63, 3.8) is 0 Å². The van der Waals surface area contributed by atoms with Gasteiger partial charge in [-0.05, 0) is 61.1 Å². The van der Waals surface area contributed by atoms with Gasteiger partial charge in [0.1, 0.15) is 0 Å². The van der Waals surface area contributed by atoms with Crippen molar-refractivity contribution in [2.24, 2.45) is 0 Å². The molecule has 0 unspecified atom stereocenters. The number of fused-ring (bicyclic) bond motifs is 1. The molecule has 0 fully saturated rings. The summed E-state index contributed by atoms with van der Waals surface area (Å²) in [4.78, 5) is 38.1. The normalized spacial score (nSPS) is 13.1. The first-order valence-electron chi connectivity index (χ1n) is 10.2. The van der Waals surface area contributed by atoms with Crippen LogP contribution >= 0.6 is 0 Å². The molecule has 1 aliphatic rings. The number of hydrogen-bond donors (Lipinski definition) is 3. The standard InChI is InChI=1S/C23H28N4O3/c1-16-13-18(10-11-19(16)14-25-23(30)26-15-21(28)24-2)22(29)27-12-6-5-8-17-7-3-4-9-20(17)27/h3-4,7,9-11,13H,5-6,8,12,14-15H2,1-2H3,(H,24,28)(H2,25,26,30). The minimum Gasteiger partial charge on any atom is -0.358 e. The van der Waals surface area contributed by atoms with Gasteiger partial charge in [0.15, 0.2) is 0 Å². The van der Waals surface area contributed by atoms with Crippen molar-refractivity contribution in [3.05, 3.63) is 64.7 Å². The summed E-state index contributed by atoms with van der Waals surface area (Å²) in [7, 11) is 1.51. The number of rotatable bonds is 5. The molecular weight excluding hydrogens is 380 g/mol. The average molecular weight is 409 g/mol. The van der Waals surface area contributed by atoms with E-state index in [1.807, 2.05) is 48.2 Å². The van der Waals surface area contributed by atoms with Crippen LogP contribution in [0.3, 0.4) is 0 Å². The number of amides is 4. The number of nitrogens with zero attached hydrogens (tertiary/aromatic N) is 1. The van der Waals surface area contributed by atoms with Crippen LogP contribution in [0.1, 0.15) is 39.9 Å². The first-order chi connectivity index (χ1) is 14.5. The largest absolute Gasteiger partial charge is 0.358 e. The summed E-state index contributed by atoms with van der Waals surface area (Å²) in [6, 6.07) is 13.2. The number of likely N-dealkylation sites (N-methyl/N-ethyl adjacent to an activating group) is 1. The van der Waals surface area contributed by atoms with Crippen LogP contribution in [0.25, 0.3) is 0 Å². The number of anilines is 1. The maximum atomic E-state index is 13.2. The summed E-state index contributed by atoms with van der Waals surface area (Å²) in [6.45, 7) is 2.87. The van der Waals surface area contributed by atoms with Gasteiger partial charge in [-0.2, -0.15) is 0 Å². The molecule has 4 amide bonds. The molecule has 3 N–H and O–H groups in total. The van der Waals surface area contributed by atoms with Gasteiger partial charge in [0, 0.05) is 31.4 Å². The molecule has 0 aromatic heterocycles. The molecule has 3 rings (SSSR count). The molecule has 0 saturated heterocycles. The molecule has 30 heavy (non-hydrogen) atoms. The van der Waals surface area contributed by atoms with E-state index in [1.165, 1.54) is 12.6 Å². The Morgan fingerprint density at radius 2 is 1.83 bits per heavy atom. The molecule has 7 heteroatoms. The summed E-state index contributed by atoms with van der Waals surface area (Å²) in [5, 5.41) is 7.66. The molecule has 0 bridgehead atoms. The molecule has 0 aliphatic carbocycles. The molecule has 0 saturated carbocycles. The summed E-state index contributed by atoms with van der Waals surface area (Å²) < 4.78 is 0. The van der Waals surface area contributed by atoms with Crippen molar-refractivity contribution >= 4 is 23.5 Å². The zero-order valence-electron chi connectivity index (χ0n) is 17.5. The summed E-state index contributed by atoms with van der Waals surface area (Å²) in [5.74, 6) is -0.269. The Morgan fingerprint density at radius 3 is 2.60 bits per heavy atom. The van der Waals surface area contributed by atoms with Gasteiger partial charge < -0.3 is 20.9 Å². The maximum absolute atomic E-state index is 13.2. The Morgan fingerprint density at radius 1 is 1.03 bits per heavy atom. The molecule has 158 valence electrons.